The van der Waals surface area contributed by atoms with Gasteiger partial charge in [0.2, 0.25) is 0 Å². The van der Waals surface area contributed by atoms with Gasteiger partial charge in [0.15, 0.2) is 6.39 Å². The number of nitrogens with zero attached hydrogens (tertiary/aromatic N) is 1. The van der Waals surface area contributed by atoms with Crippen LogP contribution < -0.4 is 10.8 Å². The van der Waals surface area contributed by atoms with Gasteiger partial charge in [-0.05, 0) is 36.7 Å². The Labute approximate surface area is 90.7 Å². The zero-order valence-corrected chi connectivity index (χ0v) is 9.79. The van der Waals surface area contributed by atoms with Crippen LogP contribution in [0.5, 0.6) is 0 Å². The van der Waals surface area contributed by atoms with Gasteiger partial charge in [0.25, 0.3) is 0 Å². The van der Waals surface area contributed by atoms with Gasteiger partial charge in [-0.15, -0.1) is 0 Å². The molecule has 1 aromatic rings. The Morgan fingerprint density at radius 3 is 3.00 bits per heavy atom. The average molecular weight is 205 g/mol. The van der Waals surface area contributed by atoms with Crippen LogP contribution in [0.2, 0.25) is 0 Å². The highest BCUT2D eigenvalue weighted by molar-refractivity contribution is 5.35. The lowest BCUT2D eigenvalue weighted by Gasteiger charge is -2.21. The Bertz CT molecular complexity index is 436. The summed E-state index contributed by atoms with van der Waals surface area (Å²) in [7, 11) is 0. The van der Waals surface area contributed by atoms with E-state index in [2.05, 4.69) is 37.9 Å². The number of fused-ring (bicyclic) bond motifs is 1. The van der Waals surface area contributed by atoms with Crippen LogP contribution in [0.3, 0.4) is 0 Å². The summed E-state index contributed by atoms with van der Waals surface area (Å²) < 4.78 is 5.25. The fourth-order valence-electron chi connectivity index (χ4n) is 1.91. The van der Waals surface area contributed by atoms with Crippen molar-refractivity contribution >= 4 is 12.2 Å². The van der Waals surface area contributed by atoms with E-state index in [0.717, 1.165) is 17.2 Å². The van der Waals surface area contributed by atoms with Gasteiger partial charge in [0, 0.05) is 0 Å². The number of hydrogen-bond acceptors (Lipinski definition) is 2. The summed E-state index contributed by atoms with van der Waals surface area (Å²) >= 11 is 0. The molecule has 0 radical (unpaired) electrons. The Hall–Kier alpha value is -1.05. The fraction of sp³-hybridized carbons (Fsp3) is 0.615. The first kappa shape index (κ1) is 10.5. The van der Waals surface area contributed by atoms with Crippen LogP contribution in [0.1, 0.15) is 40.0 Å². The highest BCUT2D eigenvalue weighted by Gasteiger charge is 2.15. The van der Waals surface area contributed by atoms with Crippen molar-refractivity contribution in [1.82, 2.24) is 4.98 Å². The van der Waals surface area contributed by atoms with E-state index in [1.165, 1.54) is 19.2 Å². The van der Waals surface area contributed by atoms with E-state index in [4.69, 9.17) is 4.42 Å². The molecule has 0 bridgehead atoms. The van der Waals surface area contributed by atoms with Crippen LogP contribution in [0.4, 0.5) is 0 Å². The number of rotatable bonds is 2. The highest BCUT2D eigenvalue weighted by Crippen LogP contribution is 2.26. The molecule has 0 aromatic carbocycles. The molecule has 1 aromatic heterocycles. The maximum Gasteiger partial charge on any atom is 0.181 e. The molecule has 0 amide bonds. The zero-order valence-electron chi connectivity index (χ0n) is 9.79. The second-order valence-electron chi connectivity index (χ2n) is 5.57. The molecule has 15 heavy (non-hydrogen) atoms. The van der Waals surface area contributed by atoms with Crippen molar-refractivity contribution in [1.29, 1.82) is 0 Å². The third-order valence-corrected chi connectivity index (χ3v) is 2.89. The van der Waals surface area contributed by atoms with Crippen molar-refractivity contribution in [2.75, 3.05) is 0 Å². The quantitative estimate of drug-likeness (QED) is 0.739. The van der Waals surface area contributed by atoms with Crippen LogP contribution in [-0.2, 0) is 0 Å². The van der Waals surface area contributed by atoms with E-state index in [9.17, 15) is 0 Å². The minimum absolute atomic E-state index is 0.429. The van der Waals surface area contributed by atoms with Crippen molar-refractivity contribution in [3.8, 4) is 0 Å². The van der Waals surface area contributed by atoms with Crippen molar-refractivity contribution in [3.05, 3.63) is 17.2 Å². The molecule has 1 unspecified atom stereocenters. The van der Waals surface area contributed by atoms with Gasteiger partial charge in [-0.3, -0.25) is 0 Å². The Morgan fingerprint density at radius 2 is 2.27 bits per heavy atom. The van der Waals surface area contributed by atoms with Gasteiger partial charge in [-0.1, -0.05) is 26.8 Å². The highest BCUT2D eigenvalue weighted by atomic mass is 16.3. The van der Waals surface area contributed by atoms with E-state index in [-0.39, 0.29) is 0 Å². The van der Waals surface area contributed by atoms with Gasteiger partial charge in [0.1, 0.15) is 10.8 Å². The number of aromatic nitrogens is 1. The summed E-state index contributed by atoms with van der Waals surface area (Å²) in [5.74, 6) is 0.641. The Balaban J connectivity index is 2.04. The molecule has 1 atom stereocenters. The van der Waals surface area contributed by atoms with Gasteiger partial charge in [-0.2, -0.15) is 0 Å². The van der Waals surface area contributed by atoms with Gasteiger partial charge in [0.05, 0.1) is 0 Å². The molecule has 0 N–H and O–H groups in total. The second-order valence-corrected chi connectivity index (χ2v) is 5.57. The smallest absolute Gasteiger partial charge is 0.181 e. The Morgan fingerprint density at radius 1 is 1.47 bits per heavy atom. The van der Waals surface area contributed by atoms with Crippen LogP contribution in [0, 0.1) is 11.3 Å². The summed E-state index contributed by atoms with van der Waals surface area (Å²) in [5, 5.41) is 1.03. The second kappa shape index (κ2) is 3.84. The lowest BCUT2D eigenvalue weighted by molar-refractivity contribution is 0.346. The zero-order chi connectivity index (χ0) is 10.9. The van der Waals surface area contributed by atoms with E-state index in [1.54, 1.807) is 0 Å². The molecule has 1 aliphatic carbocycles. The maximum absolute atomic E-state index is 5.25. The van der Waals surface area contributed by atoms with Crippen LogP contribution >= 0.6 is 0 Å². The van der Waals surface area contributed by atoms with Gasteiger partial charge < -0.3 is 4.42 Å². The summed E-state index contributed by atoms with van der Waals surface area (Å²) in [5.41, 5.74) is 1.37. The van der Waals surface area contributed by atoms with Crippen LogP contribution in [-0.4, -0.2) is 4.98 Å². The molecule has 0 spiro atoms. The predicted molar refractivity (Wildman–Crippen MR) is 61.5 cm³/mol. The van der Waals surface area contributed by atoms with Gasteiger partial charge in [-0.25, -0.2) is 4.98 Å². The first-order chi connectivity index (χ1) is 7.04. The van der Waals surface area contributed by atoms with E-state index in [0.29, 0.717) is 11.3 Å². The van der Waals surface area contributed by atoms with Crippen molar-refractivity contribution in [2.24, 2.45) is 11.3 Å². The third kappa shape index (κ3) is 2.71. The van der Waals surface area contributed by atoms with Crippen LogP contribution in [0.25, 0.3) is 12.2 Å². The molecule has 1 aliphatic rings. The predicted octanol–water partition coefficient (Wildman–Crippen LogP) is 2.08. The molecule has 82 valence electrons. The molecular formula is C13H19NO. The summed E-state index contributed by atoms with van der Waals surface area (Å²) in [6.07, 6.45) is 9.55. The lowest BCUT2D eigenvalue weighted by atomic mass is 9.85. The maximum atomic E-state index is 5.25. The fourth-order valence-corrected chi connectivity index (χ4v) is 1.91. The molecule has 1 heterocycles. The number of oxazole rings is 1. The van der Waals surface area contributed by atoms with Crippen molar-refractivity contribution in [3.63, 3.8) is 0 Å². The largest absolute Gasteiger partial charge is 0.444 e. The first-order valence-electron chi connectivity index (χ1n) is 5.66. The third-order valence-electron chi connectivity index (χ3n) is 2.89. The van der Waals surface area contributed by atoms with E-state index < -0.39 is 0 Å². The SMILES string of the molecule is CC(C)(C)CCC1C=c2ncoc2=CC1. The van der Waals surface area contributed by atoms with E-state index >= 15 is 0 Å². The minimum atomic E-state index is 0.429. The first-order valence-corrected chi connectivity index (χ1v) is 5.66. The van der Waals surface area contributed by atoms with Crippen LogP contribution in [0.15, 0.2) is 10.8 Å². The molecule has 0 saturated carbocycles. The summed E-state index contributed by atoms with van der Waals surface area (Å²) in [6.45, 7) is 6.88. The minimum Gasteiger partial charge on any atom is -0.444 e. The Kier molecular flexibility index (Phi) is 2.68. The summed E-state index contributed by atoms with van der Waals surface area (Å²) in [4.78, 5) is 4.20. The monoisotopic (exact) mass is 205 g/mol. The summed E-state index contributed by atoms with van der Waals surface area (Å²) in [6, 6.07) is 0. The lowest BCUT2D eigenvalue weighted by Crippen LogP contribution is -2.27. The molecule has 0 fully saturated rings. The molecule has 0 aliphatic heterocycles. The van der Waals surface area contributed by atoms with Crippen molar-refractivity contribution < 1.29 is 4.42 Å². The molecule has 2 nitrogen and oxygen atoms in total. The number of hydrogen-bond donors (Lipinski definition) is 0. The topological polar surface area (TPSA) is 26.0 Å². The van der Waals surface area contributed by atoms with E-state index in [1.807, 2.05) is 0 Å². The molecule has 2 rings (SSSR count). The standard InChI is InChI=1S/C13H19NO/c1-13(2,3)7-6-10-4-5-12-11(8-10)14-9-15-12/h5,8-10H,4,6-7H2,1-3H3. The van der Waals surface area contributed by atoms with Gasteiger partial charge >= 0.3 is 0 Å². The molecular weight excluding hydrogens is 186 g/mol. The molecule has 0 saturated heterocycles. The average Bonchev–Trinajstić information content (AvgIpc) is 2.60. The molecule has 2 heteroatoms. The van der Waals surface area contributed by atoms with Crippen molar-refractivity contribution in [2.45, 2.75) is 40.0 Å². The normalized spacial score (nSPS) is 20.3.